The fourth-order valence-corrected chi connectivity index (χ4v) is 1.79. The van der Waals surface area contributed by atoms with Crippen LogP contribution in [0, 0.1) is 0 Å². The summed E-state index contributed by atoms with van der Waals surface area (Å²) in [5.74, 6) is 1.13. The molecular weight excluding hydrogens is 207 g/mol. The van der Waals surface area contributed by atoms with E-state index in [0.29, 0.717) is 6.61 Å². The van der Waals surface area contributed by atoms with Gasteiger partial charge in [-0.25, -0.2) is 0 Å². The highest BCUT2D eigenvalue weighted by molar-refractivity contribution is 7.56. The van der Waals surface area contributed by atoms with Gasteiger partial charge in [0.15, 0.2) is 0 Å². The SMILES string of the molecule is CO[C@@H]1CCOC1/C=C/P(=O)(O)OC. The third kappa shape index (κ3) is 3.19. The minimum atomic E-state index is -3.58. The van der Waals surface area contributed by atoms with Crippen molar-refractivity contribution < 1.29 is 23.5 Å². The molecule has 0 bridgehead atoms. The van der Waals surface area contributed by atoms with Crippen molar-refractivity contribution in [2.24, 2.45) is 0 Å². The van der Waals surface area contributed by atoms with Gasteiger partial charge in [0.2, 0.25) is 0 Å². The Morgan fingerprint density at radius 3 is 2.86 bits per heavy atom. The van der Waals surface area contributed by atoms with Crippen LogP contribution in [0.4, 0.5) is 0 Å². The normalized spacial score (nSPS) is 32.2. The summed E-state index contributed by atoms with van der Waals surface area (Å²) < 4.78 is 25.9. The van der Waals surface area contributed by atoms with Gasteiger partial charge in [-0.15, -0.1) is 0 Å². The Labute approximate surface area is 83.2 Å². The van der Waals surface area contributed by atoms with Crippen LogP contribution in [0.25, 0.3) is 0 Å². The van der Waals surface area contributed by atoms with Crippen molar-refractivity contribution >= 4 is 7.60 Å². The van der Waals surface area contributed by atoms with Crippen LogP contribution in [0.15, 0.2) is 11.9 Å². The van der Waals surface area contributed by atoms with E-state index in [-0.39, 0.29) is 12.2 Å². The summed E-state index contributed by atoms with van der Waals surface area (Å²) >= 11 is 0. The number of rotatable bonds is 4. The second-order valence-electron chi connectivity index (χ2n) is 2.99. The van der Waals surface area contributed by atoms with E-state index in [0.717, 1.165) is 12.2 Å². The molecule has 1 aliphatic heterocycles. The van der Waals surface area contributed by atoms with E-state index in [1.54, 1.807) is 7.11 Å². The molecule has 3 atom stereocenters. The summed E-state index contributed by atoms with van der Waals surface area (Å²) in [5, 5.41) is 0. The Kier molecular flexibility index (Phi) is 4.29. The summed E-state index contributed by atoms with van der Waals surface area (Å²) in [6.45, 7) is 0.607. The van der Waals surface area contributed by atoms with Crippen molar-refractivity contribution in [1.82, 2.24) is 0 Å². The van der Waals surface area contributed by atoms with Gasteiger partial charge in [0.1, 0.15) is 6.10 Å². The van der Waals surface area contributed by atoms with Crippen molar-refractivity contribution in [3.8, 4) is 0 Å². The van der Waals surface area contributed by atoms with Gasteiger partial charge in [-0.3, -0.25) is 4.57 Å². The van der Waals surface area contributed by atoms with Gasteiger partial charge in [-0.1, -0.05) is 0 Å². The lowest BCUT2D eigenvalue weighted by atomic mass is 10.2. The molecule has 14 heavy (non-hydrogen) atoms. The molecule has 0 aromatic carbocycles. The minimum absolute atomic E-state index is 0.0388. The summed E-state index contributed by atoms with van der Waals surface area (Å²) in [7, 11) is -0.798. The molecule has 0 radical (unpaired) electrons. The maximum absolute atomic E-state index is 11.1. The fraction of sp³-hybridized carbons (Fsp3) is 0.750. The van der Waals surface area contributed by atoms with Crippen LogP contribution in [-0.2, 0) is 18.6 Å². The van der Waals surface area contributed by atoms with Gasteiger partial charge in [0.05, 0.1) is 12.7 Å². The Bertz CT molecular complexity index is 252. The molecule has 0 aromatic heterocycles. The maximum atomic E-state index is 11.1. The third-order valence-corrected chi connectivity index (χ3v) is 3.18. The molecule has 82 valence electrons. The highest BCUT2D eigenvalue weighted by Gasteiger charge is 2.26. The first kappa shape index (κ1) is 11.9. The Morgan fingerprint density at radius 1 is 1.57 bits per heavy atom. The van der Waals surface area contributed by atoms with Crippen molar-refractivity contribution in [2.75, 3.05) is 20.8 Å². The zero-order valence-electron chi connectivity index (χ0n) is 8.25. The van der Waals surface area contributed by atoms with Gasteiger partial charge in [-0.2, -0.15) is 0 Å². The van der Waals surface area contributed by atoms with Gasteiger partial charge in [-0.05, 0) is 12.5 Å². The monoisotopic (exact) mass is 222 g/mol. The predicted molar refractivity (Wildman–Crippen MR) is 51.1 cm³/mol. The van der Waals surface area contributed by atoms with E-state index < -0.39 is 7.60 Å². The lowest BCUT2D eigenvalue weighted by Gasteiger charge is -2.13. The Balaban J connectivity index is 2.55. The molecule has 5 nitrogen and oxygen atoms in total. The summed E-state index contributed by atoms with van der Waals surface area (Å²) in [6, 6.07) is 0. The number of hydrogen-bond donors (Lipinski definition) is 1. The standard InChI is InChI=1S/C8H15O5P/c1-11-7-3-5-13-8(7)4-6-14(9,10)12-2/h4,6-8H,3,5H2,1-2H3,(H,9,10)/b6-4+/t7-,8?/m1/s1. The van der Waals surface area contributed by atoms with Gasteiger partial charge in [0.25, 0.3) is 0 Å². The smallest absolute Gasteiger partial charge is 0.351 e. The molecule has 1 rings (SSSR count). The lowest BCUT2D eigenvalue weighted by Crippen LogP contribution is -2.20. The lowest BCUT2D eigenvalue weighted by molar-refractivity contribution is 0.0426. The van der Waals surface area contributed by atoms with Gasteiger partial charge >= 0.3 is 7.60 Å². The van der Waals surface area contributed by atoms with Gasteiger partial charge < -0.3 is 18.9 Å². The highest BCUT2D eigenvalue weighted by atomic mass is 31.2. The molecule has 1 heterocycles. The zero-order valence-corrected chi connectivity index (χ0v) is 9.15. The minimum Gasteiger partial charge on any atom is -0.378 e. The van der Waals surface area contributed by atoms with Crippen LogP contribution in [0.5, 0.6) is 0 Å². The van der Waals surface area contributed by atoms with E-state index in [4.69, 9.17) is 14.4 Å². The average molecular weight is 222 g/mol. The zero-order chi connectivity index (χ0) is 10.6. The van der Waals surface area contributed by atoms with Crippen LogP contribution in [0.2, 0.25) is 0 Å². The molecular formula is C8H15O5P. The Hall–Kier alpha value is -0.190. The van der Waals surface area contributed by atoms with Crippen molar-refractivity contribution in [3.63, 3.8) is 0 Å². The van der Waals surface area contributed by atoms with E-state index in [2.05, 4.69) is 4.52 Å². The maximum Gasteiger partial charge on any atom is 0.351 e. The topological polar surface area (TPSA) is 65.0 Å². The third-order valence-electron chi connectivity index (χ3n) is 2.11. The second kappa shape index (κ2) is 5.05. The molecule has 1 saturated heterocycles. The molecule has 1 N–H and O–H groups in total. The second-order valence-corrected chi connectivity index (χ2v) is 4.78. The van der Waals surface area contributed by atoms with Gasteiger partial charge in [0, 0.05) is 20.0 Å². The van der Waals surface area contributed by atoms with Crippen LogP contribution < -0.4 is 0 Å². The summed E-state index contributed by atoms with van der Waals surface area (Å²) in [6.07, 6.45) is 2.03. The molecule has 0 aliphatic carbocycles. The first-order valence-corrected chi connectivity index (χ1v) is 5.95. The molecule has 0 amide bonds. The number of hydrogen-bond acceptors (Lipinski definition) is 4. The molecule has 0 spiro atoms. The predicted octanol–water partition coefficient (Wildman–Crippen LogP) is 1.14. The van der Waals surface area contributed by atoms with E-state index >= 15 is 0 Å². The quantitative estimate of drug-likeness (QED) is 0.722. The van der Waals surface area contributed by atoms with Crippen LogP contribution in [0.1, 0.15) is 6.42 Å². The molecule has 1 fully saturated rings. The van der Waals surface area contributed by atoms with Crippen molar-refractivity contribution in [3.05, 3.63) is 11.9 Å². The Morgan fingerprint density at radius 2 is 2.29 bits per heavy atom. The van der Waals surface area contributed by atoms with E-state index in [9.17, 15) is 4.57 Å². The van der Waals surface area contributed by atoms with Crippen LogP contribution in [0.3, 0.4) is 0 Å². The largest absolute Gasteiger partial charge is 0.378 e. The first-order valence-electron chi connectivity index (χ1n) is 4.31. The van der Waals surface area contributed by atoms with Crippen LogP contribution >= 0.6 is 7.60 Å². The van der Waals surface area contributed by atoms with Crippen molar-refractivity contribution in [1.29, 1.82) is 0 Å². The number of methoxy groups -OCH3 is 1. The molecule has 0 aromatic rings. The summed E-state index contributed by atoms with van der Waals surface area (Å²) in [5.41, 5.74) is 0. The molecule has 0 saturated carbocycles. The van der Waals surface area contributed by atoms with E-state index in [1.165, 1.54) is 13.2 Å². The van der Waals surface area contributed by atoms with E-state index in [1.807, 2.05) is 0 Å². The fourth-order valence-electron chi connectivity index (χ4n) is 1.28. The first-order chi connectivity index (χ1) is 6.59. The van der Waals surface area contributed by atoms with Crippen LogP contribution in [-0.4, -0.2) is 37.9 Å². The molecule has 6 heteroatoms. The summed E-state index contributed by atoms with van der Waals surface area (Å²) in [4.78, 5) is 9.09. The highest BCUT2D eigenvalue weighted by Crippen LogP contribution is 2.42. The molecule has 2 unspecified atom stereocenters. The molecule has 1 aliphatic rings. The average Bonchev–Trinajstić information content (AvgIpc) is 2.62. The van der Waals surface area contributed by atoms with Crippen molar-refractivity contribution in [2.45, 2.75) is 18.6 Å². The number of ether oxygens (including phenoxy) is 2.